The van der Waals surface area contributed by atoms with Crippen molar-refractivity contribution in [2.24, 2.45) is 5.73 Å². The molecule has 8 heteroatoms. The molecule has 3 rings (SSSR count). The van der Waals surface area contributed by atoms with Gasteiger partial charge in [-0.15, -0.1) is 0 Å². The molecule has 1 aromatic heterocycles. The van der Waals surface area contributed by atoms with Crippen molar-refractivity contribution in [1.29, 1.82) is 5.41 Å². The van der Waals surface area contributed by atoms with Crippen molar-refractivity contribution in [3.05, 3.63) is 89.2 Å². The van der Waals surface area contributed by atoms with Gasteiger partial charge in [0.2, 0.25) is 10.0 Å². The van der Waals surface area contributed by atoms with E-state index >= 15 is 0 Å². The number of phenolic OH excluding ortho intramolecular Hbond substituents is 1. The number of phenols is 1. The lowest BCUT2D eigenvalue weighted by Crippen LogP contribution is -2.33. The molecule has 0 fully saturated rings. The molecule has 0 bridgehead atoms. The van der Waals surface area contributed by atoms with Crippen LogP contribution in [0.4, 0.5) is 0 Å². The average molecular weight is 453 g/mol. The molecule has 7 nitrogen and oxygen atoms in total. The van der Waals surface area contributed by atoms with Crippen LogP contribution >= 0.6 is 0 Å². The zero-order chi connectivity index (χ0) is 23.3. The van der Waals surface area contributed by atoms with E-state index in [2.05, 4.69) is 31.0 Å². The highest BCUT2D eigenvalue weighted by atomic mass is 32.2. The Morgan fingerprint density at radius 1 is 1.12 bits per heavy atom. The summed E-state index contributed by atoms with van der Waals surface area (Å²) in [4.78, 5) is 3.80. The van der Waals surface area contributed by atoms with Gasteiger partial charge in [-0.25, -0.2) is 8.42 Å². The van der Waals surface area contributed by atoms with Crippen molar-refractivity contribution in [2.75, 3.05) is 6.54 Å². The maximum Gasteiger partial charge on any atom is 0.247 e. The lowest BCUT2D eigenvalue weighted by atomic mass is 10.0. The number of rotatable bonds is 9. The van der Waals surface area contributed by atoms with Crippen LogP contribution in [0.25, 0.3) is 0 Å². The minimum Gasteiger partial charge on any atom is -0.507 e. The number of nitrogen functional groups attached to an aromatic ring is 1. The second kappa shape index (κ2) is 9.93. The van der Waals surface area contributed by atoms with E-state index in [0.29, 0.717) is 12.3 Å². The van der Waals surface area contributed by atoms with Crippen LogP contribution in [-0.4, -0.2) is 35.2 Å². The minimum atomic E-state index is -4.07. The van der Waals surface area contributed by atoms with Crippen molar-refractivity contribution >= 4 is 15.9 Å². The van der Waals surface area contributed by atoms with Gasteiger partial charge in [-0.1, -0.05) is 44.2 Å². The van der Waals surface area contributed by atoms with Crippen LogP contribution in [0.2, 0.25) is 0 Å². The number of nitrogens with one attached hydrogen (secondary N) is 1. The number of pyridine rings is 1. The predicted octanol–water partition coefficient (Wildman–Crippen LogP) is 3.63. The number of amidine groups is 1. The first-order chi connectivity index (χ1) is 15.2. The second-order valence-corrected chi connectivity index (χ2v) is 9.85. The van der Waals surface area contributed by atoms with Crippen molar-refractivity contribution in [1.82, 2.24) is 9.29 Å². The molecular formula is C24H28N4O3S. The fourth-order valence-corrected chi connectivity index (χ4v) is 4.87. The Hall–Kier alpha value is -3.23. The summed E-state index contributed by atoms with van der Waals surface area (Å²) in [6.45, 7) is 4.56. The first kappa shape index (κ1) is 23.4. The first-order valence-corrected chi connectivity index (χ1v) is 11.8. The highest BCUT2D eigenvalue weighted by Crippen LogP contribution is 2.28. The number of aromatic hydroxyl groups is 1. The summed E-state index contributed by atoms with van der Waals surface area (Å²) in [7, 11) is -4.07. The van der Waals surface area contributed by atoms with Crippen molar-refractivity contribution in [3.63, 3.8) is 0 Å². The highest BCUT2D eigenvalue weighted by Gasteiger charge is 2.28. The van der Waals surface area contributed by atoms with Gasteiger partial charge >= 0.3 is 0 Å². The maximum absolute atomic E-state index is 13.5. The molecule has 0 saturated heterocycles. The van der Waals surface area contributed by atoms with E-state index in [4.69, 9.17) is 11.1 Å². The Morgan fingerprint density at radius 2 is 1.84 bits per heavy atom. The summed E-state index contributed by atoms with van der Waals surface area (Å²) < 4.78 is 28.4. The van der Waals surface area contributed by atoms with Gasteiger partial charge in [0.25, 0.3) is 0 Å². The van der Waals surface area contributed by atoms with Crippen molar-refractivity contribution < 1.29 is 13.5 Å². The monoisotopic (exact) mass is 452 g/mol. The summed E-state index contributed by atoms with van der Waals surface area (Å²) in [6, 6.07) is 15.6. The van der Waals surface area contributed by atoms with E-state index in [1.807, 2.05) is 12.1 Å². The number of nitrogens with zero attached hydrogens (tertiary/aromatic N) is 2. The Labute approximate surface area is 189 Å². The normalized spacial score (nSPS) is 11.8. The standard InChI is InChI=1S/C24H28N4O3S/c1-17(2)20-7-5-18(6-8-20)11-13-28(16-19-4-3-12-27-15-19)32(30,31)23-14-21(24(25)26)9-10-22(23)29/h3-10,12,14-15,17,29H,11,13,16H2,1-2H3,(H3,25,26). The summed E-state index contributed by atoms with van der Waals surface area (Å²) in [5.74, 6) is -0.235. The van der Waals surface area contributed by atoms with Gasteiger partial charge in [-0.3, -0.25) is 10.4 Å². The van der Waals surface area contributed by atoms with Crippen LogP contribution in [0.15, 0.2) is 71.9 Å². The molecule has 0 saturated carbocycles. The summed E-state index contributed by atoms with van der Waals surface area (Å²) in [5.41, 5.74) is 8.73. The van der Waals surface area contributed by atoms with Crippen LogP contribution in [0.1, 0.15) is 42.0 Å². The molecular weight excluding hydrogens is 424 g/mol. The zero-order valence-corrected chi connectivity index (χ0v) is 19.0. The fraction of sp³-hybridized carbons (Fsp3) is 0.250. The molecule has 0 spiro atoms. The van der Waals surface area contributed by atoms with E-state index < -0.39 is 10.0 Å². The molecule has 1 heterocycles. The Balaban J connectivity index is 1.93. The van der Waals surface area contributed by atoms with Crippen LogP contribution in [0, 0.1) is 5.41 Å². The van der Waals surface area contributed by atoms with Crippen molar-refractivity contribution in [2.45, 2.75) is 37.6 Å². The fourth-order valence-electron chi connectivity index (χ4n) is 3.33. The Kier molecular flexibility index (Phi) is 7.27. The molecule has 0 unspecified atom stereocenters. The van der Waals surface area contributed by atoms with Crippen LogP contribution in [0.3, 0.4) is 0 Å². The molecule has 3 aromatic rings. The number of aromatic nitrogens is 1. The van der Waals surface area contributed by atoms with Crippen LogP contribution < -0.4 is 5.73 Å². The third kappa shape index (κ3) is 5.52. The lowest BCUT2D eigenvalue weighted by molar-refractivity contribution is 0.401. The predicted molar refractivity (Wildman–Crippen MR) is 125 cm³/mol. The zero-order valence-electron chi connectivity index (χ0n) is 18.2. The third-order valence-corrected chi connectivity index (χ3v) is 7.14. The smallest absolute Gasteiger partial charge is 0.247 e. The topological polar surface area (TPSA) is 120 Å². The number of nitrogens with two attached hydrogens (primary N) is 1. The number of benzene rings is 2. The first-order valence-electron chi connectivity index (χ1n) is 10.3. The molecule has 0 aliphatic heterocycles. The molecule has 0 aliphatic rings. The third-order valence-electron chi connectivity index (χ3n) is 5.27. The number of hydrogen-bond acceptors (Lipinski definition) is 5. The summed E-state index contributed by atoms with van der Waals surface area (Å²) >= 11 is 0. The molecule has 4 N–H and O–H groups in total. The van der Waals surface area contributed by atoms with Crippen LogP contribution in [0.5, 0.6) is 5.75 Å². The molecule has 0 aliphatic carbocycles. The Morgan fingerprint density at radius 3 is 2.44 bits per heavy atom. The van der Waals surface area contributed by atoms with E-state index in [-0.39, 0.29) is 35.1 Å². The molecule has 2 aromatic carbocycles. The van der Waals surface area contributed by atoms with Gasteiger partial charge in [0.05, 0.1) is 0 Å². The Bertz CT molecular complexity index is 1180. The number of sulfonamides is 1. The van der Waals surface area contributed by atoms with Gasteiger partial charge in [0.1, 0.15) is 16.5 Å². The minimum absolute atomic E-state index is 0.101. The molecule has 0 atom stereocenters. The van der Waals surface area contributed by atoms with Crippen molar-refractivity contribution in [3.8, 4) is 5.75 Å². The highest BCUT2D eigenvalue weighted by molar-refractivity contribution is 7.89. The second-order valence-electron chi connectivity index (χ2n) is 7.94. The quantitative estimate of drug-likeness (QED) is 0.338. The largest absolute Gasteiger partial charge is 0.507 e. The molecule has 168 valence electrons. The number of hydrogen-bond donors (Lipinski definition) is 3. The SMILES string of the molecule is CC(C)c1ccc(CCN(Cc2cccnc2)S(=O)(=O)c2cc(C(=N)N)ccc2O)cc1. The van der Waals surface area contributed by atoms with Crippen LogP contribution in [-0.2, 0) is 23.0 Å². The molecule has 0 amide bonds. The summed E-state index contributed by atoms with van der Waals surface area (Å²) in [6.07, 6.45) is 3.75. The van der Waals surface area contributed by atoms with Gasteiger partial charge < -0.3 is 10.8 Å². The average Bonchev–Trinajstić information content (AvgIpc) is 2.77. The molecule has 32 heavy (non-hydrogen) atoms. The van der Waals surface area contributed by atoms with E-state index in [1.54, 1.807) is 24.5 Å². The van der Waals surface area contributed by atoms with E-state index in [1.165, 1.54) is 28.1 Å². The lowest BCUT2D eigenvalue weighted by Gasteiger charge is -2.23. The van der Waals surface area contributed by atoms with E-state index in [0.717, 1.165) is 11.1 Å². The van der Waals surface area contributed by atoms with Gasteiger partial charge in [0, 0.05) is 31.0 Å². The van der Waals surface area contributed by atoms with Gasteiger partial charge in [-0.2, -0.15) is 4.31 Å². The summed E-state index contributed by atoms with van der Waals surface area (Å²) in [5, 5.41) is 17.9. The maximum atomic E-state index is 13.5. The molecule has 0 radical (unpaired) electrons. The van der Waals surface area contributed by atoms with Gasteiger partial charge in [-0.05, 0) is 53.3 Å². The van der Waals surface area contributed by atoms with Gasteiger partial charge in [0.15, 0.2) is 0 Å². The van der Waals surface area contributed by atoms with E-state index in [9.17, 15) is 13.5 Å².